The van der Waals surface area contributed by atoms with Crippen LogP contribution in [-0.2, 0) is 21.4 Å². The Morgan fingerprint density at radius 3 is 2.64 bits per heavy atom. The summed E-state index contributed by atoms with van der Waals surface area (Å²) in [6.07, 6.45) is 0.153. The lowest BCUT2D eigenvalue weighted by Gasteiger charge is -2.29. The number of methoxy groups -OCH3 is 1. The number of benzene rings is 1. The number of piperazine rings is 1. The largest absolute Gasteiger partial charge is 0.496 e. The third kappa shape index (κ3) is 4.91. The molecule has 0 radical (unpaired) electrons. The number of nitrogens with zero attached hydrogens (tertiary/aromatic N) is 2. The fourth-order valence-electron chi connectivity index (χ4n) is 3.14. The lowest BCUT2D eigenvalue weighted by atomic mass is 10.2. The first-order valence-corrected chi connectivity index (χ1v) is 11.5. The van der Waals surface area contributed by atoms with Gasteiger partial charge in [0.15, 0.2) is 0 Å². The molecule has 9 heteroatoms. The number of carbonyl (C=O) groups is 1. The van der Waals surface area contributed by atoms with E-state index in [-0.39, 0.29) is 29.6 Å². The molecule has 1 fully saturated rings. The highest BCUT2D eigenvalue weighted by atomic mass is 32.2. The monoisotopic (exact) mass is 423 g/mol. The van der Waals surface area contributed by atoms with Gasteiger partial charge in [0.2, 0.25) is 5.91 Å². The predicted molar refractivity (Wildman–Crippen MR) is 109 cm³/mol. The van der Waals surface area contributed by atoms with Gasteiger partial charge in [0.05, 0.1) is 7.11 Å². The fraction of sp³-hybridized carbons (Fsp3) is 0.421. The number of ether oxygens (including phenoxy) is 1. The summed E-state index contributed by atoms with van der Waals surface area (Å²) in [4.78, 5) is 14.3. The van der Waals surface area contributed by atoms with Gasteiger partial charge in [0.1, 0.15) is 9.96 Å². The Bertz CT molecular complexity index is 878. The van der Waals surface area contributed by atoms with Crippen LogP contribution in [0.2, 0.25) is 0 Å². The maximum atomic E-state index is 13.1. The number of hydrogen-bond acceptors (Lipinski definition) is 6. The lowest BCUT2D eigenvalue weighted by molar-refractivity contribution is -0.131. The molecule has 1 saturated heterocycles. The Labute approximate surface area is 170 Å². The highest BCUT2D eigenvalue weighted by Crippen LogP contribution is 2.26. The Balaban J connectivity index is 1.79. The normalized spacial score (nSPS) is 15.0. The van der Waals surface area contributed by atoms with Gasteiger partial charge in [-0.25, -0.2) is 8.42 Å². The first kappa shape index (κ1) is 20.8. The van der Waals surface area contributed by atoms with Crippen molar-refractivity contribution in [1.29, 1.82) is 0 Å². The van der Waals surface area contributed by atoms with Crippen LogP contribution in [0.25, 0.3) is 0 Å². The molecular weight excluding hydrogens is 398 g/mol. The van der Waals surface area contributed by atoms with Crippen molar-refractivity contribution < 1.29 is 17.9 Å². The van der Waals surface area contributed by atoms with E-state index >= 15 is 0 Å². The van der Waals surface area contributed by atoms with Crippen molar-refractivity contribution in [3.63, 3.8) is 0 Å². The van der Waals surface area contributed by atoms with E-state index in [1.807, 2.05) is 18.2 Å². The minimum absolute atomic E-state index is 0.0205. The Morgan fingerprint density at radius 2 is 1.96 bits per heavy atom. The van der Waals surface area contributed by atoms with Crippen molar-refractivity contribution >= 4 is 27.3 Å². The summed E-state index contributed by atoms with van der Waals surface area (Å²) in [6.45, 7) is 3.13. The van der Waals surface area contributed by atoms with Crippen LogP contribution in [0, 0.1) is 0 Å². The molecule has 0 unspecified atom stereocenters. The maximum Gasteiger partial charge on any atom is 0.252 e. The number of thiophene rings is 1. The predicted octanol–water partition coefficient (Wildman–Crippen LogP) is 1.77. The Morgan fingerprint density at radius 1 is 1.21 bits per heavy atom. The Hall–Kier alpha value is -1.94. The molecule has 0 atom stereocenters. The van der Waals surface area contributed by atoms with Gasteiger partial charge in [-0.3, -0.25) is 4.79 Å². The van der Waals surface area contributed by atoms with Crippen LogP contribution in [0.3, 0.4) is 0 Å². The first-order valence-electron chi connectivity index (χ1n) is 9.16. The third-order valence-electron chi connectivity index (χ3n) is 4.67. The minimum atomic E-state index is -3.69. The van der Waals surface area contributed by atoms with E-state index in [1.165, 1.54) is 15.6 Å². The van der Waals surface area contributed by atoms with E-state index < -0.39 is 10.0 Å². The molecule has 1 N–H and O–H groups in total. The van der Waals surface area contributed by atoms with Gasteiger partial charge in [-0.05, 0) is 17.5 Å². The molecular formula is C19H25N3O4S2. The van der Waals surface area contributed by atoms with E-state index in [2.05, 4.69) is 5.32 Å². The number of para-hydroxylation sites is 1. The topological polar surface area (TPSA) is 79.0 Å². The summed E-state index contributed by atoms with van der Waals surface area (Å²) in [7, 11) is -2.13. The van der Waals surface area contributed by atoms with Gasteiger partial charge in [0, 0.05) is 51.3 Å². The van der Waals surface area contributed by atoms with Crippen molar-refractivity contribution in [1.82, 2.24) is 14.5 Å². The standard InChI is InChI=1S/C19H25N3O4S2/c1-26-17-6-3-2-5-16(17)15-22(28(24,25)19-7-4-14-27-19)11-8-18(23)21-12-9-20-10-13-21/h2-7,14,20H,8-13,15H2,1H3. The van der Waals surface area contributed by atoms with Crippen LogP contribution < -0.4 is 10.1 Å². The number of amides is 1. The highest BCUT2D eigenvalue weighted by molar-refractivity contribution is 7.91. The van der Waals surface area contributed by atoms with Crippen LogP contribution in [0.1, 0.15) is 12.0 Å². The van der Waals surface area contributed by atoms with Crippen LogP contribution in [0.4, 0.5) is 0 Å². The van der Waals surface area contributed by atoms with Crippen LogP contribution in [0.5, 0.6) is 5.75 Å². The highest BCUT2D eigenvalue weighted by Gasteiger charge is 2.28. The zero-order chi connectivity index (χ0) is 20.0. The van der Waals surface area contributed by atoms with Gasteiger partial charge >= 0.3 is 0 Å². The molecule has 1 aliphatic heterocycles. The summed E-state index contributed by atoms with van der Waals surface area (Å²) in [5, 5.41) is 4.95. The number of carbonyl (C=O) groups excluding carboxylic acids is 1. The molecule has 0 saturated carbocycles. The van der Waals surface area contributed by atoms with E-state index in [4.69, 9.17) is 4.74 Å². The van der Waals surface area contributed by atoms with Gasteiger partial charge in [0.25, 0.3) is 10.0 Å². The number of nitrogens with one attached hydrogen (secondary N) is 1. The van der Waals surface area contributed by atoms with Crippen molar-refractivity contribution in [3.05, 3.63) is 47.3 Å². The van der Waals surface area contributed by atoms with Crippen molar-refractivity contribution in [3.8, 4) is 5.75 Å². The summed E-state index contributed by atoms with van der Waals surface area (Å²) >= 11 is 1.18. The molecule has 152 valence electrons. The maximum absolute atomic E-state index is 13.1. The third-order valence-corrected chi connectivity index (χ3v) is 7.89. The van der Waals surface area contributed by atoms with Crippen molar-refractivity contribution in [2.75, 3.05) is 39.8 Å². The average molecular weight is 424 g/mol. The minimum Gasteiger partial charge on any atom is -0.496 e. The van der Waals surface area contributed by atoms with Gasteiger partial charge in [-0.15, -0.1) is 11.3 Å². The summed E-state index contributed by atoms with van der Waals surface area (Å²) in [5.41, 5.74) is 0.764. The average Bonchev–Trinajstić information content (AvgIpc) is 3.27. The molecule has 2 aromatic rings. The van der Waals surface area contributed by atoms with Crippen LogP contribution >= 0.6 is 11.3 Å². The zero-order valence-electron chi connectivity index (χ0n) is 15.8. The molecule has 3 rings (SSSR count). The second kappa shape index (κ2) is 9.51. The molecule has 0 aliphatic carbocycles. The van der Waals surface area contributed by atoms with Crippen LogP contribution in [-0.4, -0.2) is 63.4 Å². The number of sulfonamides is 1. The Kier molecular flexibility index (Phi) is 7.06. The van der Waals surface area contributed by atoms with Crippen molar-refractivity contribution in [2.24, 2.45) is 0 Å². The molecule has 1 amide bonds. The molecule has 28 heavy (non-hydrogen) atoms. The second-order valence-electron chi connectivity index (χ2n) is 6.46. The molecule has 1 aliphatic rings. The van der Waals surface area contributed by atoms with Gasteiger partial charge in [-0.2, -0.15) is 4.31 Å². The van der Waals surface area contributed by atoms with Gasteiger partial charge < -0.3 is 15.0 Å². The van der Waals surface area contributed by atoms with E-state index in [9.17, 15) is 13.2 Å². The second-order valence-corrected chi connectivity index (χ2v) is 9.58. The van der Waals surface area contributed by atoms with Crippen LogP contribution in [0.15, 0.2) is 46.0 Å². The van der Waals surface area contributed by atoms with Gasteiger partial charge in [-0.1, -0.05) is 24.3 Å². The lowest BCUT2D eigenvalue weighted by Crippen LogP contribution is -2.47. The number of hydrogen-bond donors (Lipinski definition) is 1. The molecule has 0 bridgehead atoms. The smallest absolute Gasteiger partial charge is 0.252 e. The summed E-state index contributed by atoms with van der Waals surface area (Å²) in [6, 6.07) is 10.6. The summed E-state index contributed by atoms with van der Waals surface area (Å²) in [5.74, 6) is 0.607. The first-order chi connectivity index (χ1) is 13.5. The van der Waals surface area contributed by atoms with Crippen molar-refractivity contribution in [2.45, 2.75) is 17.2 Å². The fourth-order valence-corrected chi connectivity index (χ4v) is 5.70. The van der Waals surface area contributed by atoms with E-state index in [0.717, 1.165) is 18.7 Å². The molecule has 1 aromatic heterocycles. The number of rotatable bonds is 8. The zero-order valence-corrected chi connectivity index (χ0v) is 17.5. The van der Waals surface area contributed by atoms with E-state index in [0.29, 0.717) is 18.8 Å². The molecule has 2 heterocycles. The quantitative estimate of drug-likeness (QED) is 0.700. The summed E-state index contributed by atoms with van der Waals surface area (Å²) < 4.78 is 33.3. The molecule has 1 aromatic carbocycles. The molecule has 0 spiro atoms. The SMILES string of the molecule is COc1ccccc1CN(CCC(=O)N1CCNCC1)S(=O)(=O)c1cccs1. The van der Waals surface area contributed by atoms with E-state index in [1.54, 1.807) is 35.6 Å². The molecule has 7 nitrogen and oxygen atoms in total.